The predicted octanol–water partition coefficient (Wildman–Crippen LogP) is 1.96. The number of likely N-dealkylation sites (N-methyl/N-ethyl adjacent to an activating group) is 1. The van der Waals surface area contributed by atoms with Crippen molar-refractivity contribution >= 4 is 23.5 Å². The zero-order valence-corrected chi connectivity index (χ0v) is 58.6. The summed E-state index contributed by atoms with van der Waals surface area (Å²) >= 11 is 0. The predicted molar refractivity (Wildman–Crippen MR) is 356 cm³/mol. The SMILES string of the molecule is CCC1O[C@@H](O[C@@H]2C[C@@H](C(=O)NCc3cn(CCCC(=O)C4CC(CC)[C@@H](O[C@@H]5OC(C)[C@@H](O)[C@H](O)C5O)[C@H](O[C@@H]5O[C@@H](CO)[C@H](O)C(O[C@@H](CC6CCCCC6)C(=O)N(C)C)C5NC(C)=O)C4)nn3)CC(n3cc(-c4cccc(F)c4)nn3)C2O)[C@H](O)C(n2cc(-c3cccc(F)c3)nn2)[C@H]1O. The zero-order valence-electron chi connectivity index (χ0n) is 58.6. The fraction of sp³-hybridized carbons (Fsp3) is 0.686. The van der Waals surface area contributed by atoms with Crippen molar-refractivity contribution in [3.63, 3.8) is 0 Å². The highest BCUT2D eigenvalue weighted by molar-refractivity contribution is 5.81. The van der Waals surface area contributed by atoms with Gasteiger partial charge in [0.2, 0.25) is 11.8 Å². The molecule has 3 aliphatic heterocycles. The Balaban J connectivity index is 0.767. The Labute approximate surface area is 594 Å². The maximum atomic E-state index is 14.6. The van der Waals surface area contributed by atoms with Crippen LogP contribution in [0.3, 0.4) is 0 Å². The third-order valence-electron chi connectivity index (χ3n) is 21.2. The lowest BCUT2D eigenvalue weighted by Crippen LogP contribution is -2.67. The van der Waals surface area contributed by atoms with E-state index in [2.05, 4.69) is 41.6 Å². The van der Waals surface area contributed by atoms with Gasteiger partial charge >= 0.3 is 0 Å². The molecule has 566 valence electrons. The van der Waals surface area contributed by atoms with Crippen molar-refractivity contribution in [3.8, 4) is 22.5 Å². The summed E-state index contributed by atoms with van der Waals surface area (Å²) in [5, 5.41) is 122. The van der Waals surface area contributed by atoms with Gasteiger partial charge in [-0.2, -0.15) is 0 Å². The highest BCUT2D eigenvalue weighted by Gasteiger charge is 2.54. The molecule has 10 unspecified atom stereocenters. The normalized spacial score (nSPS) is 34.0. The number of carbonyl (C=O) groups excluding carboxylic acids is 4. The lowest BCUT2D eigenvalue weighted by atomic mass is 9.74. The van der Waals surface area contributed by atoms with Crippen molar-refractivity contribution in [2.24, 2.45) is 23.7 Å². The van der Waals surface area contributed by atoms with Gasteiger partial charge in [0.05, 0.1) is 68.3 Å². The van der Waals surface area contributed by atoms with Crippen LogP contribution in [0.4, 0.5) is 8.78 Å². The number of aromatic nitrogens is 9. The molecule has 3 aromatic heterocycles. The van der Waals surface area contributed by atoms with E-state index in [0.29, 0.717) is 29.7 Å². The second-order valence-electron chi connectivity index (χ2n) is 28.6. The molecular formula is C70H98F2N12O19. The fourth-order valence-corrected chi connectivity index (χ4v) is 15.5. The van der Waals surface area contributed by atoms with Crippen LogP contribution in [0.25, 0.3) is 22.5 Å². The standard InChI is InChI=1S/C70H98F2N12O19/c1-7-38-24-41(28-52(64(38)103-70-63(94)62(93)57(88)35(3)97-70)101-68-55(74-36(4)86)65(60(91)54(34-85)102-68)98-53(67(96)81(5)6)23-37-15-10-9-11-16-37)49(87)21-14-22-82-31-45(75-78-82)30-73-66(95)42-27-48(83-32-46(76-79-83)39-17-12-19-43(71)25-39)58(89)51(29-42)100-69-61(92)56(59(90)50(8-2)99-69)84-33-47(77-80-84)40-18-13-20-44(72)26-40/h12-13,17-20,25-26,31-33,35,37-38,41-42,48,50-65,68-70,85,88-94H,7-11,14-16,21-24,27-30,34H2,1-6H3,(H,73,95)(H,74,86)/t35?,38?,41?,42-,48?,50?,51+,52+,53-,54-,55?,56?,57+,58?,59-,60-,61+,62-,63?,64+,65?,68+,69-,70-/m0/s1. The molecule has 6 fully saturated rings. The second-order valence-corrected chi connectivity index (χ2v) is 28.6. The first-order chi connectivity index (χ1) is 49.4. The number of aryl methyl sites for hydroxylation is 1. The topological polar surface area (TPSA) is 414 Å². The molecule has 10 N–H and O–H groups in total. The molecule has 31 nitrogen and oxygen atoms in total. The lowest BCUT2D eigenvalue weighted by Gasteiger charge is -2.49. The number of rotatable bonds is 27. The van der Waals surface area contributed by atoms with E-state index in [9.17, 15) is 68.8 Å². The Morgan fingerprint density at radius 1 is 0.680 bits per heavy atom. The van der Waals surface area contributed by atoms with Crippen LogP contribution in [0.15, 0.2) is 67.1 Å². The number of Topliss-reactive ketones (excluding diaryl/α,β-unsaturated/α-hetero) is 1. The number of aliphatic hydroxyl groups is 8. The molecule has 0 radical (unpaired) electrons. The van der Waals surface area contributed by atoms with Gasteiger partial charge in [-0.15, -0.1) is 15.3 Å². The van der Waals surface area contributed by atoms with E-state index in [1.807, 2.05) is 6.92 Å². The quantitative estimate of drug-likeness (QED) is 0.0359. The van der Waals surface area contributed by atoms with E-state index in [4.69, 9.17) is 33.2 Å². The van der Waals surface area contributed by atoms with E-state index in [1.165, 1.54) is 81.6 Å². The summed E-state index contributed by atoms with van der Waals surface area (Å²) < 4.78 is 77.7. The number of nitrogens with one attached hydrogen (secondary N) is 2. The van der Waals surface area contributed by atoms with Crippen molar-refractivity contribution in [1.82, 2.24) is 60.5 Å². The number of aliphatic hydroxyl groups excluding tert-OH is 8. The van der Waals surface area contributed by atoms with Gasteiger partial charge in [0.1, 0.15) is 108 Å². The van der Waals surface area contributed by atoms with Crippen LogP contribution < -0.4 is 10.6 Å². The summed E-state index contributed by atoms with van der Waals surface area (Å²) in [5.41, 5.74) is 1.73. The number of nitrogens with zero attached hydrogens (tertiary/aromatic N) is 10. The van der Waals surface area contributed by atoms with Crippen molar-refractivity contribution in [2.75, 3.05) is 20.7 Å². The molecule has 6 aliphatic rings. The van der Waals surface area contributed by atoms with Crippen LogP contribution in [-0.4, -0.2) is 251 Å². The summed E-state index contributed by atoms with van der Waals surface area (Å²) in [7, 11) is 3.19. The highest BCUT2D eigenvalue weighted by Crippen LogP contribution is 2.43. The molecular weight excluding hydrogens is 1350 g/mol. The molecule has 2 aromatic carbocycles. The summed E-state index contributed by atoms with van der Waals surface area (Å²) in [4.78, 5) is 57.5. The summed E-state index contributed by atoms with van der Waals surface area (Å²) in [6.45, 7) is 5.82. The Hall–Kier alpha value is -6.80. The highest BCUT2D eigenvalue weighted by atomic mass is 19.1. The van der Waals surface area contributed by atoms with E-state index in [-0.39, 0.29) is 87.0 Å². The number of amides is 3. The number of halogens is 2. The van der Waals surface area contributed by atoms with Crippen LogP contribution in [0.2, 0.25) is 0 Å². The average molecular weight is 1450 g/mol. The van der Waals surface area contributed by atoms with Gasteiger partial charge in [-0.3, -0.25) is 23.9 Å². The first-order valence-electron chi connectivity index (χ1n) is 35.9. The number of carbonyl (C=O) groups is 4. The van der Waals surface area contributed by atoms with Gasteiger partial charge in [0.25, 0.3) is 5.91 Å². The minimum Gasteiger partial charge on any atom is -0.394 e. The van der Waals surface area contributed by atoms with Crippen LogP contribution in [-0.2, 0) is 65.4 Å². The molecule has 3 saturated heterocycles. The molecule has 11 rings (SSSR count). The largest absolute Gasteiger partial charge is 0.394 e. The second kappa shape index (κ2) is 34.6. The smallest absolute Gasteiger partial charge is 0.251 e. The zero-order chi connectivity index (χ0) is 73.5. The maximum Gasteiger partial charge on any atom is 0.251 e. The van der Waals surface area contributed by atoms with Crippen molar-refractivity contribution in [2.45, 2.75) is 259 Å². The molecule has 103 heavy (non-hydrogen) atoms. The Morgan fingerprint density at radius 2 is 1.33 bits per heavy atom. The summed E-state index contributed by atoms with van der Waals surface area (Å²) in [5.74, 6) is -4.42. The molecule has 6 heterocycles. The first-order valence-corrected chi connectivity index (χ1v) is 35.9. The molecule has 0 spiro atoms. The number of benzene rings is 2. The van der Waals surface area contributed by atoms with Gasteiger partial charge < -0.3 is 89.5 Å². The number of hydrogen-bond acceptors (Lipinski definition) is 25. The summed E-state index contributed by atoms with van der Waals surface area (Å²) in [6.07, 6.45) is -13.1. The Kier molecular flexibility index (Phi) is 26.0. The third kappa shape index (κ3) is 18.2. The van der Waals surface area contributed by atoms with Crippen LogP contribution in [0.1, 0.15) is 135 Å². The van der Waals surface area contributed by atoms with Crippen LogP contribution in [0.5, 0.6) is 0 Å². The minimum atomic E-state index is -1.71. The Bertz CT molecular complexity index is 3620. The molecule has 3 amide bonds. The van der Waals surface area contributed by atoms with E-state index in [1.54, 1.807) is 39.3 Å². The van der Waals surface area contributed by atoms with E-state index < -0.39 is 176 Å². The van der Waals surface area contributed by atoms with Crippen molar-refractivity contribution in [1.29, 1.82) is 0 Å². The van der Waals surface area contributed by atoms with Gasteiger partial charge in [-0.05, 0) is 88.0 Å². The molecule has 24 atom stereocenters. The number of hydrogen-bond donors (Lipinski definition) is 10. The van der Waals surface area contributed by atoms with Gasteiger partial charge in [-0.25, -0.2) is 18.1 Å². The summed E-state index contributed by atoms with van der Waals surface area (Å²) in [6, 6.07) is 7.95. The number of ketones is 1. The first kappa shape index (κ1) is 77.3. The van der Waals surface area contributed by atoms with Crippen LogP contribution >= 0.6 is 0 Å². The molecule has 0 bridgehead atoms. The minimum absolute atomic E-state index is 0.00162. The van der Waals surface area contributed by atoms with Crippen LogP contribution in [0, 0.1) is 35.3 Å². The van der Waals surface area contributed by atoms with Crippen molar-refractivity contribution in [3.05, 3.63) is 84.4 Å². The molecule has 33 heteroatoms. The molecule has 3 saturated carbocycles. The van der Waals surface area contributed by atoms with Crippen molar-refractivity contribution < 1.29 is 102 Å². The Morgan fingerprint density at radius 3 is 1.98 bits per heavy atom. The van der Waals surface area contributed by atoms with Gasteiger partial charge in [-0.1, -0.05) is 92.3 Å². The number of ether oxygens (including phenoxy) is 7. The monoisotopic (exact) mass is 1450 g/mol. The van der Waals surface area contributed by atoms with Gasteiger partial charge in [0.15, 0.2) is 18.9 Å². The van der Waals surface area contributed by atoms with E-state index >= 15 is 0 Å². The molecule has 3 aliphatic carbocycles. The third-order valence-corrected chi connectivity index (χ3v) is 21.2. The average Bonchev–Trinajstić information content (AvgIpc) is 1.50. The van der Waals surface area contributed by atoms with Gasteiger partial charge in [0, 0.05) is 56.9 Å². The van der Waals surface area contributed by atoms with E-state index in [0.717, 1.165) is 32.1 Å². The fourth-order valence-electron chi connectivity index (χ4n) is 15.5. The molecule has 5 aromatic rings. The lowest BCUT2D eigenvalue weighted by molar-refractivity contribution is -0.338. The maximum absolute atomic E-state index is 14.6.